The van der Waals surface area contributed by atoms with Gasteiger partial charge in [0.2, 0.25) is 5.91 Å². The van der Waals surface area contributed by atoms with Crippen molar-refractivity contribution in [2.24, 2.45) is 0 Å². The quantitative estimate of drug-likeness (QED) is 0.601. The van der Waals surface area contributed by atoms with Crippen molar-refractivity contribution < 1.29 is 9.72 Å². The molecule has 6 nitrogen and oxygen atoms in total. The standard InChI is InChI=1S/C18H18ClN3O3/c19-16-10-15(22(24)25)8-9-17(16)20-18(23)12-21(14-6-7-14)11-13-4-2-1-3-5-13/h1-5,8-10,14H,6-7,11-12H2,(H,20,23). The summed E-state index contributed by atoms with van der Waals surface area (Å²) in [5, 5.41) is 13.6. The molecule has 0 saturated heterocycles. The molecule has 1 N–H and O–H groups in total. The van der Waals surface area contributed by atoms with Gasteiger partial charge >= 0.3 is 0 Å². The van der Waals surface area contributed by atoms with Crippen LogP contribution in [0.4, 0.5) is 11.4 Å². The van der Waals surface area contributed by atoms with E-state index in [0.717, 1.165) is 18.4 Å². The number of carbonyl (C=O) groups excluding carboxylic acids is 1. The monoisotopic (exact) mass is 359 g/mol. The summed E-state index contributed by atoms with van der Waals surface area (Å²) >= 11 is 6.03. The molecule has 0 radical (unpaired) electrons. The van der Waals surface area contributed by atoms with Gasteiger partial charge in [0.1, 0.15) is 0 Å². The predicted molar refractivity (Wildman–Crippen MR) is 96.6 cm³/mol. The van der Waals surface area contributed by atoms with Gasteiger partial charge in [-0.25, -0.2) is 0 Å². The third-order valence-corrected chi connectivity index (χ3v) is 4.39. The Bertz CT molecular complexity index is 778. The van der Waals surface area contributed by atoms with E-state index in [1.807, 2.05) is 30.3 Å². The van der Waals surface area contributed by atoms with Gasteiger partial charge < -0.3 is 5.32 Å². The summed E-state index contributed by atoms with van der Waals surface area (Å²) < 4.78 is 0. The Labute approximate surface area is 150 Å². The summed E-state index contributed by atoms with van der Waals surface area (Å²) in [6.07, 6.45) is 2.19. The number of hydrogen-bond donors (Lipinski definition) is 1. The molecule has 3 rings (SSSR count). The SMILES string of the molecule is O=C(CN(Cc1ccccc1)C1CC1)Nc1ccc([N+](=O)[O-])cc1Cl. The van der Waals surface area contributed by atoms with E-state index in [9.17, 15) is 14.9 Å². The van der Waals surface area contributed by atoms with Gasteiger partial charge in [0.15, 0.2) is 0 Å². The minimum absolute atomic E-state index is 0.105. The van der Waals surface area contributed by atoms with E-state index < -0.39 is 4.92 Å². The largest absolute Gasteiger partial charge is 0.324 e. The van der Waals surface area contributed by atoms with Crippen LogP contribution >= 0.6 is 11.6 Å². The molecular weight excluding hydrogens is 342 g/mol. The maximum Gasteiger partial charge on any atom is 0.271 e. The van der Waals surface area contributed by atoms with Crippen LogP contribution in [0.15, 0.2) is 48.5 Å². The van der Waals surface area contributed by atoms with Crippen molar-refractivity contribution in [1.29, 1.82) is 0 Å². The lowest BCUT2D eigenvalue weighted by Crippen LogP contribution is -2.34. The number of hydrogen-bond acceptors (Lipinski definition) is 4. The lowest BCUT2D eigenvalue weighted by molar-refractivity contribution is -0.384. The zero-order chi connectivity index (χ0) is 17.8. The van der Waals surface area contributed by atoms with Crippen LogP contribution in [0.1, 0.15) is 18.4 Å². The van der Waals surface area contributed by atoms with Gasteiger partial charge in [-0.2, -0.15) is 0 Å². The highest BCUT2D eigenvalue weighted by atomic mass is 35.5. The number of nitrogens with one attached hydrogen (secondary N) is 1. The number of halogens is 1. The van der Waals surface area contributed by atoms with E-state index in [0.29, 0.717) is 18.3 Å². The molecule has 0 bridgehead atoms. The van der Waals surface area contributed by atoms with Gasteiger partial charge in [0, 0.05) is 24.7 Å². The fraction of sp³-hybridized carbons (Fsp3) is 0.278. The van der Waals surface area contributed by atoms with Crippen molar-refractivity contribution in [2.75, 3.05) is 11.9 Å². The van der Waals surface area contributed by atoms with E-state index in [1.165, 1.54) is 18.2 Å². The van der Waals surface area contributed by atoms with Crippen LogP contribution < -0.4 is 5.32 Å². The van der Waals surface area contributed by atoms with E-state index in [4.69, 9.17) is 11.6 Å². The predicted octanol–water partition coefficient (Wildman–Crippen LogP) is 3.85. The van der Waals surface area contributed by atoms with Crippen LogP contribution in [-0.4, -0.2) is 28.3 Å². The van der Waals surface area contributed by atoms with Gasteiger partial charge in [-0.3, -0.25) is 19.8 Å². The van der Waals surface area contributed by atoms with Crippen LogP contribution in [0.25, 0.3) is 0 Å². The van der Waals surface area contributed by atoms with Gasteiger partial charge in [-0.15, -0.1) is 0 Å². The van der Waals surface area contributed by atoms with Crippen LogP contribution in [0.2, 0.25) is 5.02 Å². The maximum absolute atomic E-state index is 12.4. The molecule has 0 heterocycles. The van der Waals surface area contributed by atoms with Crippen LogP contribution in [0.3, 0.4) is 0 Å². The summed E-state index contributed by atoms with van der Waals surface area (Å²) in [7, 11) is 0. The number of amides is 1. The van der Waals surface area contributed by atoms with Gasteiger partial charge in [-0.05, 0) is 24.5 Å². The number of carbonyl (C=O) groups is 1. The fourth-order valence-electron chi connectivity index (χ4n) is 2.66. The van der Waals surface area contributed by atoms with Gasteiger partial charge in [-0.1, -0.05) is 41.9 Å². The molecule has 1 amide bonds. The lowest BCUT2D eigenvalue weighted by Gasteiger charge is -2.21. The minimum Gasteiger partial charge on any atom is -0.324 e. The molecule has 0 unspecified atom stereocenters. The molecule has 2 aromatic rings. The van der Waals surface area contributed by atoms with E-state index in [2.05, 4.69) is 10.2 Å². The Morgan fingerprint density at radius 1 is 1.24 bits per heavy atom. The first kappa shape index (κ1) is 17.4. The smallest absolute Gasteiger partial charge is 0.271 e. The second-order valence-corrected chi connectivity index (χ2v) is 6.50. The van der Waals surface area contributed by atoms with E-state index >= 15 is 0 Å². The normalized spacial score (nSPS) is 13.7. The molecule has 0 spiro atoms. The van der Waals surface area contributed by atoms with Crippen molar-refractivity contribution in [2.45, 2.75) is 25.4 Å². The minimum atomic E-state index is -0.522. The Morgan fingerprint density at radius 2 is 1.96 bits per heavy atom. The van der Waals surface area contributed by atoms with Crippen LogP contribution in [-0.2, 0) is 11.3 Å². The molecule has 0 aliphatic heterocycles. The highest BCUT2D eigenvalue weighted by Gasteiger charge is 2.30. The molecule has 7 heteroatoms. The molecule has 1 aliphatic carbocycles. The van der Waals surface area contributed by atoms with Crippen molar-refractivity contribution in [1.82, 2.24) is 4.90 Å². The van der Waals surface area contributed by atoms with E-state index in [-0.39, 0.29) is 23.2 Å². The third kappa shape index (κ3) is 4.78. The van der Waals surface area contributed by atoms with Gasteiger partial charge in [0.05, 0.1) is 22.2 Å². The number of nitro benzene ring substituents is 1. The number of nitrogens with zero attached hydrogens (tertiary/aromatic N) is 2. The molecule has 1 aliphatic rings. The highest BCUT2D eigenvalue weighted by molar-refractivity contribution is 6.34. The first-order valence-corrected chi connectivity index (χ1v) is 8.42. The lowest BCUT2D eigenvalue weighted by atomic mass is 10.2. The summed E-state index contributed by atoms with van der Waals surface area (Å²) in [6, 6.07) is 14.5. The number of anilines is 1. The topological polar surface area (TPSA) is 75.5 Å². The Kier molecular flexibility index (Phi) is 5.31. The Balaban J connectivity index is 1.63. The summed E-state index contributed by atoms with van der Waals surface area (Å²) in [5.74, 6) is -0.182. The Hall–Kier alpha value is -2.44. The van der Waals surface area contributed by atoms with E-state index in [1.54, 1.807) is 0 Å². The maximum atomic E-state index is 12.4. The first-order chi connectivity index (χ1) is 12.0. The summed E-state index contributed by atoms with van der Waals surface area (Å²) in [4.78, 5) is 24.7. The summed E-state index contributed by atoms with van der Waals surface area (Å²) in [5.41, 5.74) is 1.44. The Morgan fingerprint density at radius 3 is 2.56 bits per heavy atom. The molecule has 1 fully saturated rings. The van der Waals surface area contributed by atoms with Crippen molar-refractivity contribution in [3.05, 3.63) is 69.2 Å². The molecule has 0 atom stereocenters. The third-order valence-electron chi connectivity index (χ3n) is 4.08. The molecule has 1 saturated carbocycles. The van der Waals surface area contributed by atoms with Crippen LogP contribution in [0.5, 0.6) is 0 Å². The number of rotatable bonds is 7. The zero-order valence-corrected chi connectivity index (χ0v) is 14.3. The number of nitro groups is 1. The molecule has 0 aromatic heterocycles. The first-order valence-electron chi connectivity index (χ1n) is 8.04. The second kappa shape index (κ2) is 7.63. The average Bonchev–Trinajstić information content (AvgIpc) is 3.42. The van der Waals surface area contributed by atoms with Crippen molar-refractivity contribution in [3.8, 4) is 0 Å². The molecule has 25 heavy (non-hydrogen) atoms. The second-order valence-electron chi connectivity index (χ2n) is 6.09. The average molecular weight is 360 g/mol. The van der Waals surface area contributed by atoms with Gasteiger partial charge in [0.25, 0.3) is 5.69 Å². The number of non-ortho nitro benzene ring substituents is 1. The van der Waals surface area contributed by atoms with Crippen molar-refractivity contribution >= 4 is 28.9 Å². The van der Waals surface area contributed by atoms with Crippen molar-refractivity contribution in [3.63, 3.8) is 0 Å². The number of benzene rings is 2. The highest BCUT2D eigenvalue weighted by Crippen LogP contribution is 2.29. The molecule has 130 valence electrons. The summed E-state index contributed by atoms with van der Waals surface area (Å²) in [6.45, 7) is 0.972. The molecule has 2 aromatic carbocycles. The molecular formula is C18H18ClN3O3. The zero-order valence-electron chi connectivity index (χ0n) is 13.5. The fourth-order valence-corrected chi connectivity index (χ4v) is 2.89. The van der Waals surface area contributed by atoms with Crippen LogP contribution in [0, 0.1) is 10.1 Å².